The van der Waals surface area contributed by atoms with Crippen LogP contribution in [0, 0.1) is 34.0 Å². The van der Waals surface area contributed by atoms with Crippen molar-refractivity contribution >= 4 is 39.7 Å². The number of hydrogen-bond acceptors (Lipinski definition) is 8. The maximum Gasteiger partial charge on any atom is 0.303 e. The first-order valence-electron chi connectivity index (χ1n) is 23.9. The lowest BCUT2D eigenvalue weighted by atomic mass is 9.73. The number of carbonyl (C=O) groups excluding carboxylic acids is 5. The van der Waals surface area contributed by atoms with E-state index in [1.165, 1.54) is 0 Å². The zero-order valence-corrected chi connectivity index (χ0v) is 38.7. The van der Waals surface area contributed by atoms with Crippen molar-refractivity contribution in [3.63, 3.8) is 0 Å². The van der Waals surface area contributed by atoms with E-state index in [9.17, 15) is 27.6 Å². The van der Waals surface area contributed by atoms with Gasteiger partial charge in [0.2, 0.25) is 23.6 Å². The third kappa shape index (κ3) is 7.97. The number of rotatable bonds is 16. The van der Waals surface area contributed by atoms with Gasteiger partial charge in [0, 0.05) is 37.0 Å². The molecule has 0 bridgehead atoms. The van der Waals surface area contributed by atoms with Crippen LogP contribution in [0.1, 0.15) is 151 Å². The van der Waals surface area contributed by atoms with Crippen LogP contribution in [-0.4, -0.2) is 114 Å². The minimum absolute atomic E-state index is 0.00481. The summed E-state index contributed by atoms with van der Waals surface area (Å²) in [6.07, 6.45) is 16.1. The fraction of sp³-hybridized carbons (Fsp3) is 0.848. The molecule has 5 amide bonds. The van der Waals surface area contributed by atoms with Crippen LogP contribution >= 0.6 is 0 Å². The second-order valence-corrected chi connectivity index (χ2v) is 22.3. The molecule has 4 N–H and O–H groups in total. The summed E-state index contributed by atoms with van der Waals surface area (Å²) in [5.41, 5.74) is -1.97. The van der Waals surface area contributed by atoms with Gasteiger partial charge in [0.25, 0.3) is 5.91 Å². The van der Waals surface area contributed by atoms with E-state index in [4.69, 9.17) is 0 Å². The van der Waals surface area contributed by atoms with Gasteiger partial charge in [0.15, 0.2) is 0 Å². The highest BCUT2D eigenvalue weighted by Gasteiger charge is 2.85. The summed E-state index contributed by atoms with van der Waals surface area (Å²) < 4.78 is 29.8. The second kappa shape index (κ2) is 17.5. The van der Waals surface area contributed by atoms with Crippen LogP contribution in [0.15, 0.2) is 12.7 Å². The highest BCUT2D eigenvalue weighted by molar-refractivity contribution is 7.87. The molecule has 2 aliphatic heterocycles. The van der Waals surface area contributed by atoms with Crippen molar-refractivity contribution in [1.82, 2.24) is 34.8 Å². The summed E-state index contributed by atoms with van der Waals surface area (Å²) in [7, 11) is -4.16. The van der Waals surface area contributed by atoms with Crippen LogP contribution in [-0.2, 0) is 34.2 Å². The topological polar surface area (TPSA) is 177 Å². The molecule has 2 spiro atoms. The lowest BCUT2D eigenvalue weighted by molar-refractivity contribution is -0.144. The maximum absolute atomic E-state index is 15.4. The van der Waals surface area contributed by atoms with Crippen molar-refractivity contribution in [3.8, 4) is 0 Å². The van der Waals surface area contributed by atoms with Crippen molar-refractivity contribution in [2.45, 2.75) is 186 Å². The van der Waals surface area contributed by atoms with E-state index in [1.54, 1.807) is 24.8 Å². The van der Waals surface area contributed by atoms with Crippen LogP contribution < -0.4 is 20.7 Å². The van der Waals surface area contributed by atoms with Crippen LogP contribution in [0.3, 0.4) is 0 Å². The first kappa shape index (κ1) is 46.0. The van der Waals surface area contributed by atoms with E-state index in [0.717, 1.165) is 107 Å². The molecule has 0 aromatic carbocycles. The highest BCUT2D eigenvalue weighted by atomic mass is 32.2. The van der Waals surface area contributed by atoms with Gasteiger partial charge in [0.1, 0.15) is 23.7 Å². The number of piperidine rings is 1. The minimum Gasteiger partial charge on any atom is -0.343 e. The summed E-state index contributed by atoms with van der Waals surface area (Å²) in [6, 6.07) is -2.70. The molecule has 7 rings (SSSR count). The van der Waals surface area contributed by atoms with Crippen LogP contribution in [0.4, 0.5) is 0 Å². The summed E-state index contributed by atoms with van der Waals surface area (Å²) in [4.78, 5) is 77.1. The normalized spacial score (nSPS) is 32.0. The monoisotopic (exact) mass is 870 g/mol. The van der Waals surface area contributed by atoms with Gasteiger partial charge in [-0.3, -0.25) is 28.9 Å². The van der Waals surface area contributed by atoms with E-state index >= 15 is 4.79 Å². The standard InChI is InChI=1S/C46H75N7O7S/c1-8-33-27-46(33,42(58)50-61(59,60)51(9-2)10-3)49-39(55)35-28-45(43(6,7)44(45)24-18-25-44)29-53(35)41(57)37(32-21-14-15-22-32)48-40(56)36(31-19-12-11-13-20-31)47-38(54)34-23-16-17-26-52(34)30(4)5/h8,30-37H,1,9-29H2,2-7H3,(H,47,54)(H,48,56)(H,49,55)(H,50,58)/t33-,34+,35+,36?,37?,45-,46-/m1/s1. The fourth-order valence-corrected chi connectivity index (χ4v) is 14.5. The van der Waals surface area contributed by atoms with Crippen molar-refractivity contribution < 1.29 is 32.4 Å². The Kier molecular flexibility index (Phi) is 13.2. The Hall–Kier alpha value is -3.04. The molecule has 0 aromatic rings. The van der Waals surface area contributed by atoms with Gasteiger partial charge in [-0.15, -0.1) is 6.58 Å². The molecule has 5 aliphatic carbocycles. The number of nitrogens with zero attached hydrogens (tertiary/aromatic N) is 3. The Balaban J connectivity index is 1.17. The molecular formula is C46H75N7O7S. The Morgan fingerprint density at radius 1 is 0.770 bits per heavy atom. The summed E-state index contributed by atoms with van der Waals surface area (Å²) in [5, 5.41) is 9.48. The largest absolute Gasteiger partial charge is 0.343 e. The predicted molar refractivity (Wildman–Crippen MR) is 234 cm³/mol. The third-order valence-corrected chi connectivity index (χ3v) is 19.0. The zero-order valence-electron chi connectivity index (χ0n) is 37.9. The van der Waals surface area contributed by atoms with Crippen molar-refractivity contribution in [1.29, 1.82) is 0 Å². The quantitative estimate of drug-likeness (QED) is 0.163. The number of fused-ring (bicyclic) bond motifs is 1. The van der Waals surface area contributed by atoms with Gasteiger partial charge >= 0.3 is 10.2 Å². The van der Waals surface area contributed by atoms with Gasteiger partial charge in [-0.2, -0.15) is 12.7 Å². The van der Waals surface area contributed by atoms with Crippen molar-refractivity contribution in [2.75, 3.05) is 26.2 Å². The molecule has 7 atom stereocenters. The molecule has 7 fully saturated rings. The SMILES string of the molecule is C=C[C@@H]1C[C@]1(NC(=O)[C@@H]1C[C@@]2(CN1C(=O)C(NC(=O)C(NC(=O)[C@@H]1CCCCN1C(C)C)C1CCCCC1)C1CCCC1)C(C)(C)C21CCC1)C(=O)NS(=O)(=O)N(CC)CC. The van der Waals surface area contributed by atoms with E-state index in [0.29, 0.717) is 13.0 Å². The van der Waals surface area contributed by atoms with Gasteiger partial charge in [-0.25, -0.2) is 4.72 Å². The van der Waals surface area contributed by atoms with Crippen LogP contribution in [0.2, 0.25) is 0 Å². The average Bonchev–Trinajstić information content (AvgIpc) is 3.69. The van der Waals surface area contributed by atoms with Crippen molar-refractivity contribution in [3.05, 3.63) is 12.7 Å². The molecule has 2 heterocycles. The summed E-state index contributed by atoms with van der Waals surface area (Å²) >= 11 is 0. The Morgan fingerprint density at radius 3 is 1.92 bits per heavy atom. The first-order valence-corrected chi connectivity index (χ1v) is 25.3. The molecule has 5 saturated carbocycles. The number of hydrogen-bond donors (Lipinski definition) is 4. The number of likely N-dealkylation sites (tertiary alicyclic amines) is 2. The first-order chi connectivity index (χ1) is 28.9. The molecule has 2 unspecified atom stereocenters. The molecule has 0 aromatic heterocycles. The Morgan fingerprint density at radius 2 is 1.38 bits per heavy atom. The fourth-order valence-electron chi connectivity index (χ4n) is 13.3. The lowest BCUT2D eigenvalue weighted by Crippen LogP contribution is -2.62. The molecule has 14 nitrogen and oxygen atoms in total. The van der Waals surface area contributed by atoms with E-state index in [1.807, 2.05) is 0 Å². The third-order valence-electron chi connectivity index (χ3n) is 17.4. The highest BCUT2D eigenvalue weighted by Crippen LogP contribution is 2.88. The smallest absolute Gasteiger partial charge is 0.303 e. The second-order valence-electron chi connectivity index (χ2n) is 20.6. The van der Waals surface area contributed by atoms with E-state index in [-0.39, 0.29) is 77.4 Å². The van der Waals surface area contributed by atoms with Gasteiger partial charge < -0.3 is 20.9 Å². The van der Waals surface area contributed by atoms with Crippen LogP contribution in [0.25, 0.3) is 0 Å². The van der Waals surface area contributed by atoms with Gasteiger partial charge in [-0.1, -0.05) is 78.7 Å². The number of carbonyl (C=O) groups is 5. The minimum atomic E-state index is -4.16. The molecule has 7 aliphatic rings. The molecule has 342 valence electrons. The average molecular weight is 870 g/mol. The van der Waals surface area contributed by atoms with Crippen LogP contribution in [0.5, 0.6) is 0 Å². The van der Waals surface area contributed by atoms with E-state index in [2.05, 4.69) is 59.8 Å². The number of amides is 5. The number of nitrogens with one attached hydrogen (secondary N) is 4. The molecule has 61 heavy (non-hydrogen) atoms. The maximum atomic E-state index is 15.4. The summed E-state index contributed by atoms with van der Waals surface area (Å²) in [6.45, 7) is 17.5. The zero-order chi connectivity index (χ0) is 44.1. The van der Waals surface area contributed by atoms with Crippen molar-refractivity contribution in [2.24, 2.45) is 34.0 Å². The Labute approximate surface area is 365 Å². The molecular weight excluding hydrogens is 795 g/mol. The molecule has 2 saturated heterocycles. The van der Waals surface area contributed by atoms with E-state index < -0.39 is 51.6 Å². The Bertz CT molecular complexity index is 1820. The lowest BCUT2D eigenvalue weighted by Gasteiger charge is -2.39. The predicted octanol–water partition coefficient (Wildman–Crippen LogP) is 4.55. The van der Waals surface area contributed by atoms with Gasteiger partial charge in [0.05, 0.1) is 6.04 Å². The summed E-state index contributed by atoms with van der Waals surface area (Å²) in [5.74, 6) is -2.71. The molecule has 0 radical (unpaired) electrons. The van der Waals surface area contributed by atoms with Gasteiger partial charge in [-0.05, 0) is 107 Å². The molecule has 15 heteroatoms.